The lowest BCUT2D eigenvalue weighted by Gasteiger charge is -2.13. The molecule has 0 aliphatic carbocycles. The molecule has 0 fully saturated rings. The first-order chi connectivity index (χ1) is 10.0. The van der Waals surface area contributed by atoms with Crippen LogP contribution in [0.15, 0.2) is 28.1 Å². The van der Waals surface area contributed by atoms with Crippen molar-refractivity contribution in [2.45, 2.75) is 6.42 Å². The van der Waals surface area contributed by atoms with E-state index in [1.807, 2.05) is 12.1 Å². The standard InChI is InChI=1S/C14H13BrClNO3S/c1-19-11-7-10(12(20-2)6-9(11)16)17-14(18)5-8-3-4-13(15)21-8/h3-4,6-7H,5H2,1-2H3,(H,17,18). The number of anilines is 1. The van der Waals surface area contributed by atoms with Crippen molar-refractivity contribution in [3.05, 3.63) is 38.0 Å². The number of rotatable bonds is 5. The third-order valence-corrected chi connectivity index (χ3v) is 4.63. The molecule has 0 radical (unpaired) electrons. The van der Waals surface area contributed by atoms with Crippen LogP contribution in [0.25, 0.3) is 0 Å². The Morgan fingerprint density at radius 2 is 2.00 bits per heavy atom. The van der Waals surface area contributed by atoms with Gasteiger partial charge in [0.05, 0.1) is 35.1 Å². The van der Waals surface area contributed by atoms with Gasteiger partial charge in [-0.1, -0.05) is 11.6 Å². The molecule has 1 amide bonds. The molecule has 0 aliphatic heterocycles. The summed E-state index contributed by atoms with van der Waals surface area (Å²) < 4.78 is 11.4. The van der Waals surface area contributed by atoms with Crippen LogP contribution in [0.3, 0.4) is 0 Å². The fourth-order valence-electron chi connectivity index (χ4n) is 1.76. The zero-order valence-corrected chi connectivity index (χ0v) is 14.6. The van der Waals surface area contributed by atoms with Crippen LogP contribution in [0.1, 0.15) is 4.88 Å². The molecule has 1 aromatic carbocycles. The zero-order chi connectivity index (χ0) is 15.4. The van der Waals surface area contributed by atoms with Crippen LogP contribution in [0.5, 0.6) is 11.5 Å². The fraction of sp³-hybridized carbons (Fsp3) is 0.214. The predicted octanol–water partition coefficient (Wildman–Crippen LogP) is 4.36. The second-order valence-electron chi connectivity index (χ2n) is 4.12. The van der Waals surface area contributed by atoms with E-state index in [2.05, 4.69) is 21.2 Å². The van der Waals surface area contributed by atoms with Gasteiger partial charge in [0.1, 0.15) is 11.5 Å². The van der Waals surface area contributed by atoms with Gasteiger partial charge >= 0.3 is 0 Å². The van der Waals surface area contributed by atoms with Crippen LogP contribution < -0.4 is 14.8 Å². The highest BCUT2D eigenvalue weighted by Crippen LogP contribution is 2.36. The Balaban J connectivity index is 2.16. The SMILES string of the molecule is COc1cc(NC(=O)Cc2ccc(Br)s2)c(OC)cc1Cl. The van der Waals surface area contributed by atoms with Gasteiger partial charge < -0.3 is 14.8 Å². The lowest BCUT2D eigenvalue weighted by atomic mass is 10.2. The molecule has 2 rings (SSSR count). The van der Waals surface area contributed by atoms with E-state index in [1.54, 1.807) is 12.1 Å². The second kappa shape index (κ2) is 7.15. The van der Waals surface area contributed by atoms with Gasteiger partial charge in [-0.15, -0.1) is 11.3 Å². The molecule has 0 saturated heterocycles. The monoisotopic (exact) mass is 389 g/mol. The van der Waals surface area contributed by atoms with Crippen molar-refractivity contribution in [2.24, 2.45) is 0 Å². The molecule has 4 nitrogen and oxygen atoms in total. The summed E-state index contributed by atoms with van der Waals surface area (Å²) in [6.45, 7) is 0. The molecule has 0 unspecified atom stereocenters. The Morgan fingerprint density at radius 3 is 2.57 bits per heavy atom. The third kappa shape index (κ3) is 4.12. The molecule has 112 valence electrons. The summed E-state index contributed by atoms with van der Waals surface area (Å²) in [6.07, 6.45) is 0.296. The lowest BCUT2D eigenvalue weighted by Crippen LogP contribution is -2.14. The largest absolute Gasteiger partial charge is 0.495 e. The molecule has 0 saturated carbocycles. The van der Waals surface area contributed by atoms with E-state index in [4.69, 9.17) is 21.1 Å². The topological polar surface area (TPSA) is 47.6 Å². The molecule has 0 bridgehead atoms. The maximum Gasteiger partial charge on any atom is 0.229 e. The van der Waals surface area contributed by atoms with Crippen molar-refractivity contribution in [1.29, 1.82) is 0 Å². The molecule has 0 spiro atoms. The van der Waals surface area contributed by atoms with Crippen molar-refractivity contribution < 1.29 is 14.3 Å². The van der Waals surface area contributed by atoms with Crippen molar-refractivity contribution in [3.63, 3.8) is 0 Å². The van der Waals surface area contributed by atoms with Gasteiger partial charge in [0, 0.05) is 17.0 Å². The van der Waals surface area contributed by atoms with Crippen LogP contribution in [-0.2, 0) is 11.2 Å². The number of benzene rings is 1. The number of halogens is 2. The van der Waals surface area contributed by atoms with Crippen molar-refractivity contribution in [2.75, 3.05) is 19.5 Å². The molecule has 0 atom stereocenters. The maximum atomic E-state index is 12.1. The number of amides is 1. The van der Waals surface area contributed by atoms with Gasteiger partial charge in [-0.3, -0.25) is 4.79 Å². The smallest absolute Gasteiger partial charge is 0.229 e. The molecule has 21 heavy (non-hydrogen) atoms. The van der Waals surface area contributed by atoms with Crippen molar-refractivity contribution >= 4 is 50.5 Å². The van der Waals surface area contributed by atoms with Crippen LogP contribution >= 0.6 is 38.9 Å². The van der Waals surface area contributed by atoms with Gasteiger partial charge in [0.25, 0.3) is 0 Å². The Hall–Kier alpha value is -1.24. The Labute approximate surface area is 140 Å². The Kier molecular flexibility index (Phi) is 5.50. The first-order valence-electron chi connectivity index (χ1n) is 5.99. The second-order valence-corrected chi connectivity index (χ2v) is 7.07. The molecule has 0 aliphatic rings. The minimum atomic E-state index is -0.132. The summed E-state index contributed by atoms with van der Waals surface area (Å²) in [5, 5.41) is 3.24. The summed E-state index contributed by atoms with van der Waals surface area (Å²) in [4.78, 5) is 13.1. The minimum Gasteiger partial charge on any atom is -0.495 e. The van der Waals surface area contributed by atoms with Crippen LogP contribution in [-0.4, -0.2) is 20.1 Å². The summed E-state index contributed by atoms with van der Waals surface area (Å²) in [6, 6.07) is 7.08. The number of nitrogens with one attached hydrogen (secondary N) is 1. The van der Waals surface area contributed by atoms with Crippen LogP contribution in [0.4, 0.5) is 5.69 Å². The maximum absolute atomic E-state index is 12.1. The summed E-state index contributed by atoms with van der Waals surface area (Å²) in [5.74, 6) is 0.833. The number of thiophene rings is 1. The zero-order valence-electron chi connectivity index (χ0n) is 11.4. The highest BCUT2D eigenvalue weighted by molar-refractivity contribution is 9.11. The normalized spacial score (nSPS) is 10.3. The number of carbonyl (C=O) groups excluding carboxylic acids is 1. The Morgan fingerprint density at radius 1 is 1.29 bits per heavy atom. The number of methoxy groups -OCH3 is 2. The highest BCUT2D eigenvalue weighted by Gasteiger charge is 2.13. The Bertz CT molecular complexity index is 660. The minimum absolute atomic E-state index is 0.132. The summed E-state index contributed by atoms with van der Waals surface area (Å²) >= 11 is 10.9. The van der Waals surface area contributed by atoms with Gasteiger partial charge in [-0.05, 0) is 28.1 Å². The van der Waals surface area contributed by atoms with Gasteiger partial charge in [-0.25, -0.2) is 0 Å². The number of ether oxygens (including phenoxy) is 2. The van der Waals surface area contributed by atoms with Crippen LogP contribution in [0.2, 0.25) is 5.02 Å². The molecule has 2 aromatic rings. The van der Waals surface area contributed by atoms with E-state index in [0.29, 0.717) is 28.6 Å². The van der Waals surface area contributed by atoms with Gasteiger partial charge in [-0.2, -0.15) is 0 Å². The quantitative estimate of drug-likeness (QED) is 0.825. The molecule has 1 N–H and O–H groups in total. The molecule has 1 heterocycles. The first-order valence-corrected chi connectivity index (χ1v) is 7.98. The molecular formula is C14H13BrClNO3S. The number of carbonyl (C=O) groups is 1. The number of hydrogen-bond acceptors (Lipinski definition) is 4. The average molecular weight is 391 g/mol. The number of hydrogen-bond donors (Lipinski definition) is 1. The van der Waals surface area contributed by atoms with Crippen molar-refractivity contribution in [3.8, 4) is 11.5 Å². The first kappa shape index (κ1) is 16.1. The lowest BCUT2D eigenvalue weighted by molar-refractivity contribution is -0.115. The van der Waals surface area contributed by atoms with Gasteiger partial charge in [0.15, 0.2) is 0 Å². The van der Waals surface area contributed by atoms with Gasteiger partial charge in [0.2, 0.25) is 5.91 Å². The predicted molar refractivity (Wildman–Crippen MR) is 88.9 cm³/mol. The van der Waals surface area contributed by atoms with E-state index in [0.717, 1.165) is 8.66 Å². The fourth-order valence-corrected chi connectivity index (χ4v) is 3.47. The van der Waals surface area contributed by atoms with E-state index in [-0.39, 0.29) is 5.91 Å². The summed E-state index contributed by atoms with van der Waals surface area (Å²) in [5.41, 5.74) is 0.527. The molecule has 1 aromatic heterocycles. The highest BCUT2D eigenvalue weighted by atomic mass is 79.9. The third-order valence-electron chi connectivity index (χ3n) is 2.71. The van der Waals surface area contributed by atoms with E-state index in [1.165, 1.54) is 25.6 Å². The van der Waals surface area contributed by atoms with Crippen molar-refractivity contribution in [1.82, 2.24) is 0 Å². The van der Waals surface area contributed by atoms with E-state index >= 15 is 0 Å². The van der Waals surface area contributed by atoms with E-state index < -0.39 is 0 Å². The van der Waals surface area contributed by atoms with Crippen LogP contribution in [0, 0.1) is 0 Å². The summed E-state index contributed by atoms with van der Waals surface area (Å²) in [7, 11) is 3.03. The molecular weight excluding hydrogens is 378 g/mol. The van der Waals surface area contributed by atoms with E-state index in [9.17, 15) is 4.79 Å². The average Bonchev–Trinajstić information content (AvgIpc) is 2.85. The molecule has 7 heteroatoms.